The second-order valence-corrected chi connectivity index (χ2v) is 3.67. The third kappa shape index (κ3) is 4.31. The Balaban J connectivity index is 2.88. The molecule has 0 unspecified atom stereocenters. The molecule has 0 spiro atoms. The van der Waals surface area contributed by atoms with Crippen LogP contribution in [0.5, 0.6) is 0 Å². The summed E-state index contributed by atoms with van der Waals surface area (Å²) in [5.74, 6) is -0.813. The predicted octanol–water partition coefficient (Wildman–Crippen LogP) is 2.13. The van der Waals surface area contributed by atoms with Crippen molar-refractivity contribution in [3.8, 4) is 0 Å². The van der Waals surface area contributed by atoms with E-state index in [0.29, 0.717) is 16.9 Å². The first kappa shape index (κ1) is 14.5. The van der Waals surface area contributed by atoms with E-state index >= 15 is 0 Å². The smallest absolute Gasteiger partial charge is 0.337 e. The number of nitrogens with one attached hydrogen (secondary N) is 1. The highest BCUT2D eigenvalue weighted by Gasteiger charge is 2.09. The molecular formula is C14H16N2O3. The summed E-state index contributed by atoms with van der Waals surface area (Å²) in [5.41, 5.74) is 6.80. The average molecular weight is 260 g/mol. The molecule has 0 heterocycles. The molecule has 0 fully saturated rings. The predicted molar refractivity (Wildman–Crippen MR) is 74.8 cm³/mol. The molecule has 19 heavy (non-hydrogen) atoms. The lowest BCUT2D eigenvalue weighted by Gasteiger charge is -2.08. The van der Waals surface area contributed by atoms with Crippen molar-refractivity contribution in [3.05, 3.63) is 48.1 Å². The van der Waals surface area contributed by atoms with Crippen molar-refractivity contribution in [2.24, 2.45) is 0 Å². The average Bonchev–Trinajstić information content (AvgIpc) is 2.40. The topological polar surface area (TPSA) is 81.4 Å². The fourth-order valence-corrected chi connectivity index (χ4v) is 1.34. The largest absolute Gasteiger partial charge is 0.465 e. The molecule has 3 N–H and O–H groups in total. The second-order valence-electron chi connectivity index (χ2n) is 3.67. The Hall–Kier alpha value is -2.56. The number of carbonyl (C=O) groups is 2. The van der Waals surface area contributed by atoms with Gasteiger partial charge >= 0.3 is 5.97 Å². The molecule has 0 bridgehead atoms. The number of nitrogen functional groups attached to an aromatic ring is 1. The Morgan fingerprint density at radius 3 is 2.68 bits per heavy atom. The van der Waals surface area contributed by atoms with Crippen molar-refractivity contribution < 1.29 is 14.3 Å². The van der Waals surface area contributed by atoms with Gasteiger partial charge in [-0.3, -0.25) is 4.79 Å². The molecule has 0 aliphatic carbocycles. The molecular weight excluding hydrogens is 244 g/mol. The number of hydrogen-bond donors (Lipinski definition) is 2. The fourth-order valence-electron chi connectivity index (χ4n) is 1.34. The van der Waals surface area contributed by atoms with Gasteiger partial charge in [-0.2, -0.15) is 0 Å². The Morgan fingerprint density at radius 2 is 2.05 bits per heavy atom. The minimum Gasteiger partial charge on any atom is -0.465 e. The molecule has 0 radical (unpaired) electrons. The third-order valence-corrected chi connectivity index (χ3v) is 2.28. The van der Waals surface area contributed by atoms with Crippen molar-refractivity contribution in [2.45, 2.75) is 6.92 Å². The van der Waals surface area contributed by atoms with Gasteiger partial charge in [0, 0.05) is 6.08 Å². The van der Waals surface area contributed by atoms with E-state index in [9.17, 15) is 9.59 Å². The number of esters is 1. The minimum absolute atomic E-state index is 0.324. The highest BCUT2D eigenvalue weighted by molar-refractivity contribution is 6.02. The van der Waals surface area contributed by atoms with Gasteiger partial charge in [-0.15, -0.1) is 0 Å². The zero-order valence-electron chi connectivity index (χ0n) is 10.8. The maximum Gasteiger partial charge on any atom is 0.337 e. The van der Waals surface area contributed by atoms with Crippen LogP contribution in [0.25, 0.3) is 0 Å². The maximum atomic E-state index is 11.6. The van der Waals surface area contributed by atoms with Crippen molar-refractivity contribution in [3.63, 3.8) is 0 Å². The van der Waals surface area contributed by atoms with Crippen LogP contribution in [0, 0.1) is 0 Å². The Kier molecular flexibility index (Phi) is 5.35. The van der Waals surface area contributed by atoms with Crippen molar-refractivity contribution >= 4 is 23.3 Å². The molecule has 1 aromatic rings. The molecule has 1 amide bonds. The van der Waals surface area contributed by atoms with E-state index in [-0.39, 0.29) is 5.91 Å². The van der Waals surface area contributed by atoms with Crippen LogP contribution < -0.4 is 11.1 Å². The molecule has 0 saturated heterocycles. The molecule has 100 valence electrons. The standard InChI is InChI=1S/C14H16N2O3/c1-3-4-5-6-13(17)16-12-9-10(14(18)19-2)7-8-11(12)15/h3-9H,15H2,1-2H3,(H,16,17)/b4-3+,6-5+. The van der Waals surface area contributed by atoms with Crippen LogP contribution in [0.2, 0.25) is 0 Å². The summed E-state index contributed by atoms with van der Waals surface area (Å²) in [7, 11) is 1.29. The van der Waals surface area contributed by atoms with Gasteiger partial charge in [-0.1, -0.05) is 18.2 Å². The fraction of sp³-hybridized carbons (Fsp3) is 0.143. The first-order valence-corrected chi connectivity index (χ1v) is 5.66. The van der Waals surface area contributed by atoms with E-state index in [1.165, 1.54) is 31.4 Å². The van der Waals surface area contributed by atoms with E-state index in [0.717, 1.165) is 0 Å². The summed E-state index contributed by atoms with van der Waals surface area (Å²) < 4.78 is 4.60. The van der Waals surface area contributed by atoms with E-state index in [4.69, 9.17) is 5.73 Å². The van der Waals surface area contributed by atoms with E-state index in [2.05, 4.69) is 10.1 Å². The molecule has 1 aromatic carbocycles. The molecule has 0 aliphatic rings. The highest BCUT2D eigenvalue weighted by Crippen LogP contribution is 2.20. The van der Waals surface area contributed by atoms with Crippen LogP contribution in [0.15, 0.2) is 42.5 Å². The second kappa shape index (κ2) is 7.00. The summed E-state index contributed by atoms with van der Waals surface area (Å²) >= 11 is 0. The molecule has 5 heteroatoms. The lowest BCUT2D eigenvalue weighted by atomic mass is 10.1. The minimum atomic E-state index is -0.486. The van der Waals surface area contributed by atoms with Gasteiger partial charge in [-0.05, 0) is 25.1 Å². The van der Waals surface area contributed by atoms with Crippen LogP contribution in [-0.2, 0) is 9.53 Å². The number of carbonyl (C=O) groups excluding carboxylic acids is 2. The molecule has 0 atom stereocenters. The van der Waals surface area contributed by atoms with Gasteiger partial charge < -0.3 is 15.8 Å². The van der Waals surface area contributed by atoms with Crippen LogP contribution in [0.3, 0.4) is 0 Å². The molecule has 0 saturated carbocycles. The van der Waals surface area contributed by atoms with Crippen LogP contribution in [-0.4, -0.2) is 19.0 Å². The number of rotatable bonds is 4. The van der Waals surface area contributed by atoms with Crippen LogP contribution in [0.4, 0.5) is 11.4 Å². The van der Waals surface area contributed by atoms with Gasteiger partial charge in [0.05, 0.1) is 24.0 Å². The van der Waals surface area contributed by atoms with E-state index in [1.54, 1.807) is 18.2 Å². The van der Waals surface area contributed by atoms with Gasteiger partial charge in [0.25, 0.3) is 0 Å². The molecule has 5 nitrogen and oxygen atoms in total. The first-order chi connectivity index (χ1) is 9.08. The van der Waals surface area contributed by atoms with Gasteiger partial charge in [-0.25, -0.2) is 4.79 Å². The summed E-state index contributed by atoms with van der Waals surface area (Å²) in [5, 5.41) is 2.60. The normalized spacial score (nSPS) is 10.8. The zero-order chi connectivity index (χ0) is 14.3. The summed E-state index contributed by atoms with van der Waals surface area (Å²) in [4.78, 5) is 23.0. The monoisotopic (exact) mass is 260 g/mol. The van der Waals surface area contributed by atoms with E-state index in [1.807, 2.05) is 6.92 Å². The number of anilines is 2. The summed E-state index contributed by atoms with van der Waals surface area (Å²) in [6.07, 6.45) is 6.50. The number of benzene rings is 1. The number of hydrogen-bond acceptors (Lipinski definition) is 4. The SMILES string of the molecule is C/C=C/C=C/C(=O)Nc1cc(C(=O)OC)ccc1N. The quantitative estimate of drug-likeness (QED) is 0.376. The Labute approximate surface area is 111 Å². The molecule has 0 aliphatic heterocycles. The Morgan fingerprint density at radius 1 is 1.32 bits per heavy atom. The lowest BCUT2D eigenvalue weighted by Crippen LogP contribution is -2.11. The number of allylic oxidation sites excluding steroid dienone is 3. The number of ether oxygens (including phenoxy) is 1. The number of amides is 1. The summed E-state index contributed by atoms with van der Waals surface area (Å²) in [6.45, 7) is 1.85. The summed E-state index contributed by atoms with van der Waals surface area (Å²) in [6, 6.07) is 4.55. The maximum absolute atomic E-state index is 11.6. The highest BCUT2D eigenvalue weighted by atomic mass is 16.5. The van der Waals surface area contributed by atoms with Crippen molar-refractivity contribution in [1.82, 2.24) is 0 Å². The van der Waals surface area contributed by atoms with Crippen molar-refractivity contribution in [1.29, 1.82) is 0 Å². The van der Waals surface area contributed by atoms with Crippen LogP contribution >= 0.6 is 0 Å². The van der Waals surface area contributed by atoms with Gasteiger partial charge in [0.2, 0.25) is 5.91 Å². The van der Waals surface area contributed by atoms with Crippen LogP contribution in [0.1, 0.15) is 17.3 Å². The Bertz CT molecular complexity index is 533. The van der Waals surface area contributed by atoms with Crippen molar-refractivity contribution in [2.75, 3.05) is 18.2 Å². The first-order valence-electron chi connectivity index (χ1n) is 5.66. The zero-order valence-corrected chi connectivity index (χ0v) is 10.8. The molecule has 0 aromatic heterocycles. The van der Waals surface area contributed by atoms with E-state index < -0.39 is 5.97 Å². The van der Waals surface area contributed by atoms with Gasteiger partial charge in [0.1, 0.15) is 0 Å². The third-order valence-electron chi connectivity index (χ3n) is 2.28. The number of methoxy groups -OCH3 is 1. The number of nitrogens with two attached hydrogens (primary N) is 1. The lowest BCUT2D eigenvalue weighted by molar-refractivity contribution is -0.111. The van der Waals surface area contributed by atoms with Gasteiger partial charge in [0.15, 0.2) is 0 Å². The molecule has 1 rings (SSSR count).